The van der Waals surface area contributed by atoms with E-state index in [1.165, 1.54) is 0 Å². The molecular formula is CaLiO2PS. The van der Waals surface area contributed by atoms with Crippen LogP contribution in [0.5, 0.6) is 0 Å². The van der Waals surface area contributed by atoms with Crippen LogP contribution in [0.15, 0.2) is 0 Å². The third kappa shape index (κ3) is 31.0. The molecule has 2 nitrogen and oxygen atoms in total. The van der Waals surface area contributed by atoms with Crippen molar-refractivity contribution in [1.29, 1.82) is 0 Å². The van der Waals surface area contributed by atoms with Crippen molar-refractivity contribution in [3.63, 3.8) is 0 Å². The topological polar surface area (TPSA) is 46.1 Å². The quantitative estimate of drug-likeness (QED) is 0.193. The minimum absolute atomic E-state index is 0. The Kier molecular flexibility index (Phi) is 27.8. The van der Waals surface area contributed by atoms with Crippen LogP contribution in [-0.2, 0) is 12.2 Å². The molecule has 0 spiro atoms. The van der Waals surface area contributed by atoms with E-state index in [1.807, 2.05) is 0 Å². The molecule has 0 radical (unpaired) electrons. The van der Waals surface area contributed by atoms with E-state index >= 15 is 0 Å². The van der Waals surface area contributed by atoms with E-state index in [2.05, 4.69) is 12.2 Å². The van der Waals surface area contributed by atoms with Crippen LogP contribution in [0.4, 0.5) is 0 Å². The van der Waals surface area contributed by atoms with Gasteiger partial charge in [0, 0.05) is 0 Å². The summed E-state index contributed by atoms with van der Waals surface area (Å²) in [4.78, 5) is 17.7. The largest absolute Gasteiger partial charge is 2.00 e. The predicted molar refractivity (Wildman–Crippen MR) is 20.0 cm³/mol. The second-order valence-corrected chi connectivity index (χ2v) is 1.57. The summed E-state index contributed by atoms with van der Waals surface area (Å²) in [5.41, 5.74) is 0. The first-order chi connectivity index (χ1) is 1.73. The Labute approximate surface area is 85.0 Å². The van der Waals surface area contributed by atoms with E-state index in [9.17, 15) is 0 Å². The Morgan fingerprint density at radius 1 is 1.33 bits per heavy atom. The second kappa shape index (κ2) is 10.5. The molecule has 0 bridgehead atoms. The van der Waals surface area contributed by atoms with Gasteiger partial charge in [-0.15, -0.1) is 0 Å². The van der Waals surface area contributed by atoms with E-state index in [0.717, 1.165) is 0 Å². The van der Waals surface area contributed by atoms with Crippen molar-refractivity contribution in [1.82, 2.24) is 0 Å². The van der Waals surface area contributed by atoms with Gasteiger partial charge in [0.25, 0.3) is 0 Å². The zero-order valence-corrected chi connectivity index (χ0v) is 7.30. The van der Waals surface area contributed by atoms with E-state index in [1.54, 1.807) is 0 Å². The van der Waals surface area contributed by atoms with Gasteiger partial charge < -0.3 is 29.6 Å². The molecule has 0 fully saturated rings. The minimum atomic E-state index is -2.54. The molecular weight excluding hydrogens is 142 g/mol. The van der Waals surface area contributed by atoms with Gasteiger partial charge in [-0.25, -0.2) is 0 Å². The molecule has 0 rings (SSSR count). The zero-order chi connectivity index (χ0) is 3.58. The molecule has 0 aromatic carbocycles. The minimum Gasteiger partial charge on any atom is -0.860 e. The average molecular weight is 142 g/mol. The molecule has 0 amide bonds. The van der Waals surface area contributed by atoms with Crippen LogP contribution < -0.4 is 28.6 Å². The number of hydrogen-bond acceptors (Lipinski definition) is 3. The van der Waals surface area contributed by atoms with Crippen molar-refractivity contribution >= 4 is 57.6 Å². The Hall–Kier alpha value is 2.56. The first-order valence-electron chi connectivity index (χ1n) is 0.548. The van der Waals surface area contributed by atoms with Crippen molar-refractivity contribution in [2.24, 2.45) is 0 Å². The maximum atomic E-state index is 8.85. The summed E-state index contributed by atoms with van der Waals surface area (Å²) in [6, 6.07) is 0. The van der Waals surface area contributed by atoms with E-state index in [0.29, 0.717) is 0 Å². The normalized spacial score (nSPS) is 6.00. The van der Waals surface area contributed by atoms with Crippen LogP contribution in [0.1, 0.15) is 0 Å². The third-order valence-electron chi connectivity index (χ3n) is 0. The van der Waals surface area contributed by atoms with E-state index in [4.69, 9.17) is 9.79 Å². The molecule has 0 atom stereocenters. The van der Waals surface area contributed by atoms with Gasteiger partial charge in [0.1, 0.15) is 0 Å². The molecule has 0 aliphatic rings. The molecule has 0 aliphatic carbocycles. The van der Waals surface area contributed by atoms with Gasteiger partial charge in [-0.05, 0) is 0 Å². The molecule has 0 heterocycles. The summed E-state index contributed by atoms with van der Waals surface area (Å²) in [5.74, 6) is 0. The Morgan fingerprint density at radius 3 is 1.33 bits per heavy atom. The zero-order valence-electron chi connectivity index (χ0n) is 3.38. The number of rotatable bonds is 0. The summed E-state index contributed by atoms with van der Waals surface area (Å²) >= 11 is 3.57. The van der Waals surface area contributed by atoms with Gasteiger partial charge in [-0.2, -0.15) is 0 Å². The van der Waals surface area contributed by atoms with Crippen molar-refractivity contribution < 1.29 is 28.6 Å². The Balaban J connectivity index is -0.0000000450. The van der Waals surface area contributed by atoms with Crippen LogP contribution in [0.2, 0.25) is 0 Å². The molecule has 6 heteroatoms. The van der Waals surface area contributed by atoms with Crippen LogP contribution in [0, 0.1) is 0 Å². The predicted octanol–water partition coefficient (Wildman–Crippen LogP) is -4.90. The van der Waals surface area contributed by atoms with Crippen molar-refractivity contribution in [2.45, 2.75) is 0 Å². The summed E-state index contributed by atoms with van der Waals surface area (Å²) < 4.78 is 0. The first kappa shape index (κ1) is 15.8. The molecule has 0 aromatic rings. The van der Waals surface area contributed by atoms with E-state index < -0.39 is 7.58 Å². The van der Waals surface area contributed by atoms with Gasteiger partial charge in [0.15, 0.2) is 0 Å². The maximum absolute atomic E-state index is 8.85. The van der Waals surface area contributed by atoms with Gasteiger partial charge in [-0.1, -0.05) is 0 Å². The standard InChI is InChI=1S/Ca.Li.O2PS/c;;1-3(2)4/q+2;+1;-3. The molecule has 0 aliphatic heterocycles. The molecule has 26 valence electrons. The fourth-order valence-corrected chi connectivity index (χ4v) is 0. The monoisotopic (exact) mass is 142 g/mol. The van der Waals surface area contributed by atoms with Gasteiger partial charge in [0.05, 0.1) is 0 Å². The number of hydrogen-bond donors (Lipinski definition) is 0. The summed E-state index contributed by atoms with van der Waals surface area (Å²) in [7, 11) is -2.54. The smallest absolute Gasteiger partial charge is 0.860 e. The van der Waals surface area contributed by atoms with Crippen molar-refractivity contribution in [3.8, 4) is 0 Å². The average Bonchev–Trinajstić information content (AvgIpc) is 0.811. The van der Waals surface area contributed by atoms with Crippen molar-refractivity contribution in [3.05, 3.63) is 0 Å². The van der Waals surface area contributed by atoms with Gasteiger partial charge in [-0.3, -0.25) is 0 Å². The van der Waals surface area contributed by atoms with Crippen LogP contribution in [-0.4, -0.2) is 37.7 Å². The molecule has 6 heavy (non-hydrogen) atoms. The second-order valence-electron chi connectivity index (χ2n) is 0.224. The molecule has 0 N–H and O–H groups in total. The SMILES string of the molecule is [Ca+2].[Li+].[O-]P([O-])[S-]. The van der Waals surface area contributed by atoms with E-state index in [-0.39, 0.29) is 56.6 Å². The summed E-state index contributed by atoms with van der Waals surface area (Å²) in [5, 5.41) is 0. The molecule has 0 saturated heterocycles. The van der Waals surface area contributed by atoms with Crippen LogP contribution in [0.3, 0.4) is 0 Å². The summed E-state index contributed by atoms with van der Waals surface area (Å²) in [6.45, 7) is 0. The fraction of sp³-hybridized carbons (Fsp3) is 0. The van der Waals surface area contributed by atoms with Gasteiger partial charge in [0.2, 0.25) is 0 Å². The molecule has 0 unspecified atom stereocenters. The van der Waals surface area contributed by atoms with Gasteiger partial charge >= 0.3 is 56.6 Å². The van der Waals surface area contributed by atoms with Crippen molar-refractivity contribution in [2.75, 3.05) is 0 Å². The summed E-state index contributed by atoms with van der Waals surface area (Å²) in [6.07, 6.45) is 0. The maximum Gasteiger partial charge on any atom is 2.00 e. The first-order valence-corrected chi connectivity index (χ1v) is 2.74. The van der Waals surface area contributed by atoms with Crippen LogP contribution >= 0.6 is 7.58 Å². The van der Waals surface area contributed by atoms with Crippen LogP contribution in [0.25, 0.3) is 0 Å². The third-order valence-corrected chi connectivity index (χ3v) is 0. The fourth-order valence-electron chi connectivity index (χ4n) is 0. The Bertz CT molecular complexity index is 18.3. The Morgan fingerprint density at radius 2 is 1.33 bits per heavy atom. The molecule has 0 aromatic heterocycles. The molecule has 0 saturated carbocycles.